The van der Waals surface area contributed by atoms with E-state index in [1.54, 1.807) is 6.33 Å². The Labute approximate surface area is 107 Å². The highest BCUT2D eigenvalue weighted by atomic mass is 15.2. The second kappa shape index (κ2) is 4.80. The fourth-order valence-corrected chi connectivity index (χ4v) is 2.62. The van der Waals surface area contributed by atoms with Gasteiger partial charge in [-0.15, -0.1) is 10.2 Å². The van der Waals surface area contributed by atoms with Crippen LogP contribution in [-0.2, 0) is 7.05 Å². The Balaban J connectivity index is 1.92. The number of nitrogens with zero attached hydrogens (tertiary/aromatic N) is 3. The number of rotatable bonds is 3. The summed E-state index contributed by atoms with van der Waals surface area (Å²) in [5, 5.41) is 11.8. The Bertz CT molecular complexity index is 526. The number of aromatic nitrogens is 3. The Morgan fingerprint density at radius 3 is 2.72 bits per heavy atom. The third kappa shape index (κ3) is 2.10. The van der Waals surface area contributed by atoms with Crippen LogP contribution in [0, 0.1) is 0 Å². The zero-order valence-electron chi connectivity index (χ0n) is 10.6. The van der Waals surface area contributed by atoms with Crippen molar-refractivity contribution in [2.24, 2.45) is 7.05 Å². The number of benzene rings is 1. The summed E-state index contributed by atoms with van der Waals surface area (Å²) in [4.78, 5) is 0. The maximum Gasteiger partial charge on any atom is 0.165 e. The Morgan fingerprint density at radius 2 is 2.00 bits per heavy atom. The van der Waals surface area contributed by atoms with Crippen LogP contribution in [0.4, 0.5) is 5.69 Å². The summed E-state index contributed by atoms with van der Waals surface area (Å²) in [6, 6.07) is 8.95. The van der Waals surface area contributed by atoms with Gasteiger partial charge in [-0.2, -0.15) is 0 Å². The van der Waals surface area contributed by atoms with Gasteiger partial charge in [-0.05, 0) is 25.0 Å². The Kier molecular flexibility index (Phi) is 3.00. The van der Waals surface area contributed by atoms with Crippen molar-refractivity contribution in [2.75, 3.05) is 5.32 Å². The van der Waals surface area contributed by atoms with E-state index in [-0.39, 0.29) is 0 Å². The molecule has 1 aromatic carbocycles. The first kappa shape index (κ1) is 11.3. The molecule has 0 saturated heterocycles. The summed E-state index contributed by atoms with van der Waals surface area (Å²) in [6.45, 7) is 0. The molecule has 0 atom stereocenters. The summed E-state index contributed by atoms with van der Waals surface area (Å²) in [7, 11) is 1.97. The van der Waals surface area contributed by atoms with E-state index in [9.17, 15) is 0 Å². The van der Waals surface area contributed by atoms with Gasteiger partial charge in [0.2, 0.25) is 0 Å². The van der Waals surface area contributed by atoms with Crippen LogP contribution in [0.15, 0.2) is 30.6 Å². The van der Waals surface area contributed by atoms with Gasteiger partial charge in [0.25, 0.3) is 0 Å². The van der Waals surface area contributed by atoms with Crippen LogP contribution in [0.5, 0.6) is 0 Å². The minimum Gasteiger partial charge on any atom is -0.382 e. The molecule has 94 valence electrons. The van der Waals surface area contributed by atoms with E-state index in [2.05, 4.69) is 33.7 Å². The van der Waals surface area contributed by atoms with Crippen LogP contribution >= 0.6 is 0 Å². The number of hydrogen-bond acceptors (Lipinski definition) is 3. The van der Waals surface area contributed by atoms with Crippen LogP contribution < -0.4 is 5.32 Å². The van der Waals surface area contributed by atoms with Gasteiger partial charge in [-0.1, -0.05) is 25.0 Å². The van der Waals surface area contributed by atoms with Gasteiger partial charge in [-0.3, -0.25) is 0 Å². The van der Waals surface area contributed by atoms with Crippen molar-refractivity contribution in [1.82, 2.24) is 14.8 Å². The predicted molar refractivity (Wildman–Crippen MR) is 72.3 cm³/mol. The van der Waals surface area contributed by atoms with E-state index in [0.29, 0.717) is 6.04 Å². The van der Waals surface area contributed by atoms with Crippen LogP contribution in [0.1, 0.15) is 25.7 Å². The first-order valence-corrected chi connectivity index (χ1v) is 6.54. The lowest BCUT2D eigenvalue weighted by Gasteiger charge is -2.16. The number of aryl methyl sites for hydroxylation is 1. The molecule has 18 heavy (non-hydrogen) atoms. The van der Waals surface area contributed by atoms with Gasteiger partial charge in [0, 0.05) is 24.3 Å². The summed E-state index contributed by atoms with van der Waals surface area (Å²) in [6.07, 6.45) is 6.95. The van der Waals surface area contributed by atoms with Crippen LogP contribution in [0.3, 0.4) is 0 Å². The summed E-state index contributed by atoms with van der Waals surface area (Å²) in [5.74, 6) is 0.913. The van der Waals surface area contributed by atoms with Crippen LogP contribution in [0.2, 0.25) is 0 Å². The lowest BCUT2D eigenvalue weighted by molar-refractivity contribution is 0.755. The molecule has 1 aliphatic rings. The third-order valence-corrected chi connectivity index (χ3v) is 3.59. The van der Waals surface area contributed by atoms with Crippen molar-refractivity contribution in [3.8, 4) is 11.4 Å². The molecule has 0 unspecified atom stereocenters. The minimum absolute atomic E-state index is 0.611. The number of nitrogens with one attached hydrogen (secondary N) is 1. The van der Waals surface area contributed by atoms with Crippen molar-refractivity contribution in [1.29, 1.82) is 0 Å². The summed E-state index contributed by atoms with van der Waals surface area (Å²) < 4.78 is 1.95. The molecule has 1 aromatic heterocycles. The topological polar surface area (TPSA) is 42.7 Å². The van der Waals surface area contributed by atoms with Crippen molar-refractivity contribution in [3.63, 3.8) is 0 Å². The second-order valence-electron chi connectivity index (χ2n) is 4.94. The van der Waals surface area contributed by atoms with Crippen molar-refractivity contribution >= 4 is 5.69 Å². The van der Waals surface area contributed by atoms with Crippen LogP contribution in [0.25, 0.3) is 11.4 Å². The zero-order valence-corrected chi connectivity index (χ0v) is 10.6. The second-order valence-corrected chi connectivity index (χ2v) is 4.94. The minimum atomic E-state index is 0.611. The van der Waals surface area contributed by atoms with Crippen molar-refractivity contribution in [3.05, 3.63) is 30.6 Å². The zero-order chi connectivity index (χ0) is 12.4. The molecular formula is C14H18N4. The lowest BCUT2D eigenvalue weighted by atomic mass is 10.1. The van der Waals surface area contributed by atoms with Gasteiger partial charge in [0.15, 0.2) is 5.82 Å². The molecule has 1 aliphatic carbocycles. The molecule has 1 heterocycles. The first-order valence-electron chi connectivity index (χ1n) is 6.54. The fourth-order valence-electron chi connectivity index (χ4n) is 2.62. The molecule has 4 heteroatoms. The SMILES string of the molecule is Cn1cnnc1-c1ccccc1NC1CCCC1. The Morgan fingerprint density at radius 1 is 1.22 bits per heavy atom. The largest absolute Gasteiger partial charge is 0.382 e. The molecule has 0 radical (unpaired) electrons. The normalized spacial score (nSPS) is 16.1. The van der Waals surface area contributed by atoms with Gasteiger partial charge in [0.1, 0.15) is 6.33 Å². The van der Waals surface area contributed by atoms with Crippen molar-refractivity contribution < 1.29 is 0 Å². The molecule has 0 bridgehead atoms. The highest BCUT2D eigenvalue weighted by Gasteiger charge is 2.17. The van der Waals surface area contributed by atoms with E-state index >= 15 is 0 Å². The molecule has 0 spiro atoms. The molecule has 3 rings (SSSR count). The monoisotopic (exact) mass is 242 g/mol. The maximum absolute atomic E-state index is 4.19. The molecular weight excluding hydrogens is 224 g/mol. The molecule has 0 amide bonds. The van der Waals surface area contributed by atoms with Gasteiger partial charge >= 0.3 is 0 Å². The van der Waals surface area contributed by atoms with E-state index < -0.39 is 0 Å². The smallest absolute Gasteiger partial charge is 0.165 e. The molecule has 1 saturated carbocycles. The first-order chi connectivity index (χ1) is 8.84. The average Bonchev–Trinajstić information content (AvgIpc) is 3.02. The third-order valence-electron chi connectivity index (χ3n) is 3.59. The molecule has 1 fully saturated rings. The molecule has 0 aliphatic heterocycles. The van der Waals surface area contributed by atoms with E-state index in [1.807, 2.05) is 17.7 Å². The van der Waals surface area contributed by atoms with E-state index in [1.165, 1.54) is 31.4 Å². The highest BCUT2D eigenvalue weighted by molar-refractivity contribution is 5.73. The maximum atomic E-state index is 4.19. The van der Waals surface area contributed by atoms with Gasteiger partial charge in [-0.25, -0.2) is 0 Å². The van der Waals surface area contributed by atoms with Crippen molar-refractivity contribution in [2.45, 2.75) is 31.7 Å². The number of anilines is 1. The van der Waals surface area contributed by atoms with Gasteiger partial charge < -0.3 is 9.88 Å². The predicted octanol–water partition coefficient (Wildman–Crippen LogP) is 2.84. The fraction of sp³-hybridized carbons (Fsp3) is 0.429. The Hall–Kier alpha value is -1.84. The standard InChI is InChI=1S/C14H18N4/c1-18-10-15-17-14(18)12-8-4-5-9-13(12)16-11-6-2-3-7-11/h4-5,8-11,16H,2-3,6-7H2,1H3. The summed E-state index contributed by atoms with van der Waals surface area (Å²) >= 11 is 0. The lowest BCUT2D eigenvalue weighted by Crippen LogP contribution is -2.15. The average molecular weight is 242 g/mol. The van der Waals surface area contributed by atoms with Gasteiger partial charge in [0.05, 0.1) is 0 Å². The van der Waals surface area contributed by atoms with Crippen LogP contribution in [-0.4, -0.2) is 20.8 Å². The molecule has 2 aromatic rings. The number of para-hydroxylation sites is 1. The molecule has 4 nitrogen and oxygen atoms in total. The van der Waals surface area contributed by atoms with E-state index in [4.69, 9.17) is 0 Å². The quantitative estimate of drug-likeness (QED) is 0.900. The highest BCUT2D eigenvalue weighted by Crippen LogP contribution is 2.29. The summed E-state index contributed by atoms with van der Waals surface area (Å²) in [5.41, 5.74) is 2.30. The molecule has 1 N–H and O–H groups in total. The van der Waals surface area contributed by atoms with E-state index in [0.717, 1.165) is 11.4 Å². The number of hydrogen-bond donors (Lipinski definition) is 1.